The summed E-state index contributed by atoms with van der Waals surface area (Å²) in [5.41, 5.74) is 0. The minimum atomic E-state index is 0.427. The van der Waals surface area contributed by atoms with Gasteiger partial charge in [-0.15, -0.1) is 0 Å². The van der Waals surface area contributed by atoms with Crippen molar-refractivity contribution >= 4 is 12.6 Å². The number of likely N-dealkylation sites (tertiary alicyclic amines) is 1. The summed E-state index contributed by atoms with van der Waals surface area (Å²) in [4.78, 5) is 2.54. The van der Waals surface area contributed by atoms with Gasteiger partial charge in [0.1, 0.15) is 0 Å². The summed E-state index contributed by atoms with van der Waals surface area (Å²) in [6.07, 6.45) is 2.92. The Hall–Kier alpha value is 0.270. The average Bonchev–Trinajstić information content (AvgIpc) is 2.28. The molecule has 0 amide bonds. The molecule has 15 heavy (non-hydrogen) atoms. The van der Waals surface area contributed by atoms with E-state index in [1.165, 1.54) is 25.9 Å². The molecule has 1 saturated heterocycles. The first-order valence-corrected chi connectivity index (χ1v) is 6.70. The second kappa shape index (κ2) is 6.77. The van der Waals surface area contributed by atoms with Crippen LogP contribution in [0.15, 0.2) is 0 Å². The Balaban J connectivity index is 2.37. The molecule has 1 aliphatic rings. The topological polar surface area (TPSA) is 12.5 Å². The zero-order valence-electron chi connectivity index (χ0n) is 10.3. The molecule has 3 unspecified atom stereocenters. The number of rotatable bonds is 5. The van der Waals surface area contributed by atoms with Gasteiger partial charge < -0.3 is 9.64 Å². The Bertz CT molecular complexity index is 171. The maximum atomic E-state index is 5.52. The fourth-order valence-electron chi connectivity index (χ4n) is 2.25. The van der Waals surface area contributed by atoms with Crippen LogP contribution in [0.4, 0.5) is 0 Å². The van der Waals surface area contributed by atoms with Crippen molar-refractivity contribution in [2.45, 2.75) is 32.8 Å². The van der Waals surface area contributed by atoms with Crippen molar-refractivity contribution in [1.82, 2.24) is 4.90 Å². The first-order chi connectivity index (χ1) is 7.21. The lowest BCUT2D eigenvalue weighted by Crippen LogP contribution is -2.45. The van der Waals surface area contributed by atoms with E-state index in [1.807, 2.05) is 7.11 Å². The number of piperidine rings is 1. The second-order valence-electron chi connectivity index (χ2n) is 4.76. The Morgan fingerprint density at radius 3 is 2.80 bits per heavy atom. The molecule has 0 spiro atoms. The van der Waals surface area contributed by atoms with Crippen LogP contribution in [-0.4, -0.2) is 43.5 Å². The lowest BCUT2D eigenvalue weighted by molar-refractivity contribution is -0.00850. The number of ether oxygens (including phenoxy) is 1. The van der Waals surface area contributed by atoms with Gasteiger partial charge in [0, 0.05) is 20.2 Å². The number of hydrogen-bond acceptors (Lipinski definition) is 3. The van der Waals surface area contributed by atoms with Crippen molar-refractivity contribution in [1.29, 1.82) is 0 Å². The van der Waals surface area contributed by atoms with Gasteiger partial charge in [-0.1, -0.05) is 20.3 Å². The van der Waals surface area contributed by atoms with E-state index >= 15 is 0 Å². The SMILES string of the molecule is CCC(CS)CN1CCC(C)C(OC)C1. The summed E-state index contributed by atoms with van der Waals surface area (Å²) in [5, 5.41) is 0. The molecule has 1 aliphatic heterocycles. The van der Waals surface area contributed by atoms with E-state index in [0.29, 0.717) is 12.0 Å². The third kappa shape index (κ3) is 3.97. The highest BCUT2D eigenvalue weighted by atomic mass is 32.1. The van der Waals surface area contributed by atoms with Crippen LogP contribution in [0.5, 0.6) is 0 Å². The van der Waals surface area contributed by atoms with Gasteiger partial charge in [0.2, 0.25) is 0 Å². The molecule has 90 valence electrons. The van der Waals surface area contributed by atoms with Gasteiger partial charge in [0.05, 0.1) is 6.10 Å². The predicted molar refractivity (Wildman–Crippen MR) is 68.7 cm³/mol. The Morgan fingerprint density at radius 2 is 2.27 bits per heavy atom. The normalized spacial score (nSPS) is 30.4. The maximum Gasteiger partial charge on any atom is 0.0724 e. The lowest BCUT2D eigenvalue weighted by Gasteiger charge is -2.37. The van der Waals surface area contributed by atoms with E-state index in [-0.39, 0.29) is 0 Å². The highest BCUT2D eigenvalue weighted by Gasteiger charge is 2.26. The average molecular weight is 231 g/mol. The molecule has 2 nitrogen and oxygen atoms in total. The summed E-state index contributed by atoms with van der Waals surface area (Å²) in [6, 6.07) is 0. The summed E-state index contributed by atoms with van der Waals surface area (Å²) in [7, 11) is 1.83. The third-order valence-corrected chi connectivity index (χ3v) is 4.14. The standard InChI is InChI=1S/C12H25NOS/c1-4-11(9-15)7-13-6-5-10(2)12(8-13)14-3/h10-12,15H,4-9H2,1-3H3. The maximum absolute atomic E-state index is 5.52. The first kappa shape index (κ1) is 13.3. The van der Waals surface area contributed by atoms with E-state index in [0.717, 1.165) is 18.2 Å². The highest BCUT2D eigenvalue weighted by Crippen LogP contribution is 2.20. The largest absolute Gasteiger partial charge is 0.380 e. The van der Waals surface area contributed by atoms with Gasteiger partial charge in [-0.05, 0) is 30.6 Å². The van der Waals surface area contributed by atoms with Crippen LogP contribution in [-0.2, 0) is 4.74 Å². The number of methoxy groups -OCH3 is 1. The van der Waals surface area contributed by atoms with Gasteiger partial charge in [-0.2, -0.15) is 12.6 Å². The van der Waals surface area contributed by atoms with E-state index in [2.05, 4.69) is 31.4 Å². The second-order valence-corrected chi connectivity index (χ2v) is 5.12. The molecule has 1 fully saturated rings. The number of nitrogens with zero attached hydrogens (tertiary/aromatic N) is 1. The smallest absolute Gasteiger partial charge is 0.0724 e. The monoisotopic (exact) mass is 231 g/mol. The van der Waals surface area contributed by atoms with Crippen molar-refractivity contribution in [2.24, 2.45) is 11.8 Å². The molecule has 0 aliphatic carbocycles. The molecule has 0 saturated carbocycles. The minimum Gasteiger partial charge on any atom is -0.380 e. The van der Waals surface area contributed by atoms with E-state index < -0.39 is 0 Å². The van der Waals surface area contributed by atoms with Crippen molar-refractivity contribution in [3.8, 4) is 0 Å². The van der Waals surface area contributed by atoms with E-state index in [4.69, 9.17) is 4.74 Å². The van der Waals surface area contributed by atoms with Crippen LogP contribution in [0.1, 0.15) is 26.7 Å². The van der Waals surface area contributed by atoms with Gasteiger partial charge in [-0.25, -0.2) is 0 Å². The summed E-state index contributed by atoms with van der Waals surface area (Å²) >= 11 is 4.40. The van der Waals surface area contributed by atoms with E-state index in [9.17, 15) is 0 Å². The van der Waals surface area contributed by atoms with Gasteiger partial charge in [0.15, 0.2) is 0 Å². The van der Waals surface area contributed by atoms with Gasteiger partial charge >= 0.3 is 0 Å². The lowest BCUT2D eigenvalue weighted by atomic mass is 9.95. The highest BCUT2D eigenvalue weighted by molar-refractivity contribution is 7.80. The van der Waals surface area contributed by atoms with Crippen molar-refractivity contribution in [2.75, 3.05) is 32.5 Å². The van der Waals surface area contributed by atoms with Crippen molar-refractivity contribution < 1.29 is 4.74 Å². The summed E-state index contributed by atoms with van der Waals surface area (Å²) < 4.78 is 5.52. The minimum absolute atomic E-state index is 0.427. The number of thiol groups is 1. The molecule has 0 aromatic heterocycles. The molecule has 0 bridgehead atoms. The number of hydrogen-bond donors (Lipinski definition) is 1. The zero-order valence-corrected chi connectivity index (χ0v) is 11.2. The molecule has 1 heterocycles. The van der Waals surface area contributed by atoms with Crippen LogP contribution in [0.25, 0.3) is 0 Å². The van der Waals surface area contributed by atoms with Crippen LogP contribution in [0, 0.1) is 11.8 Å². The van der Waals surface area contributed by atoms with E-state index in [1.54, 1.807) is 0 Å². The molecule has 0 radical (unpaired) electrons. The molecule has 3 atom stereocenters. The molecule has 1 rings (SSSR count). The fourth-order valence-corrected chi connectivity index (χ4v) is 2.63. The summed E-state index contributed by atoms with van der Waals surface area (Å²) in [5.74, 6) is 2.45. The summed E-state index contributed by atoms with van der Waals surface area (Å²) in [6.45, 7) is 8.06. The van der Waals surface area contributed by atoms with Crippen LogP contribution < -0.4 is 0 Å². The van der Waals surface area contributed by atoms with Crippen LogP contribution in [0.2, 0.25) is 0 Å². The Kier molecular flexibility index (Phi) is 6.02. The first-order valence-electron chi connectivity index (χ1n) is 6.07. The van der Waals surface area contributed by atoms with Crippen molar-refractivity contribution in [3.05, 3.63) is 0 Å². The van der Waals surface area contributed by atoms with Gasteiger partial charge in [0.25, 0.3) is 0 Å². The molecule has 0 aromatic rings. The quantitative estimate of drug-likeness (QED) is 0.729. The van der Waals surface area contributed by atoms with Gasteiger partial charge in [-0.3, -0.25) is 0 Å². The van der Waals surface area contributed by atoms with Crippen molar-refractivity contribution in [3.63, 3.8) is 0 Å². The Morgan fingerprint density at radius 1 is 1.53 bits per heavy atom. The molecule has 3 heteroatoms. The van der Waals surface area contributed by atoms with Crippen LogP contribution >= 0.6 is 12.6 Å². The zero-order chi connectivity index (χ0) is 11.3. The molecular formula is C12H25NOS. The third-order valence-electron chi connectivity index (χ3n) is 3.63. The molecular weight excluding hydrogens is 206 g/mol. The molecule has 0 N–H and O–H groups in total. The Labute approximate surface area is 99.8 Å². The fraction of sp³-hybridized carbons (Fsp3) is 1.00. The molecule has 0 aromatic carbocycles. The van der Waals surface area contributed by atoms with Crippen LogP contribution in [0.3, 0.4) is 0 Å². The predicted octanol–water partition coefficient (Wildman–Crippen LogP) is 2.30.